The first-order valence-corrected chi connectivity index (χ1v) is 7.41. The van der Waals surface area contributed by atoms with E-state index in [4.69, 9.17) is 4.74 Å². The Kier molecular flexibility index (Phi) is 5.00. The molecule has 0 aliphatic carbocycles. The molecular weight excluding hydrogens is 264 g/mol. The number of ether oxygens (including phenoxy) is 1. The Bertz CT molecular complexity index is 497. The van der Waals surface area contributed by atoms with Crippen LogP contribution in [0.4, 0.5) is 0 Å². The van der Waals surface area contributed by atoms with Crippen LogP contribution in [-0.4, -0.2) is 28.8 Å². The number of hydrogen-bond donors (Lipinski definition) is 0. The first-order valence-electron chi connectivity index (χ1n) is 5.86. The zero-order valence-corrected chi connectivity index (χ0v) is 12.4. The second kappa shape index (κ2) is 6.10. The van der Waals surface area contributed by atoms with Crippen molar-refractivity contribution in [3.63, 3.8) is 0 Å². The molecule has 19 heavy (non-hydrogen) atoms. The molecule has 0 N–H and O–H groups in total. The van der Waals surface area contributed by atoms with E-state index in [1.54, 1.807) is 51.3 Å². The fourth-order valence-corrected chi connectivity index (χ4v) is 1.73. The molecule has 1 aromatic carbocycles. The molecule has 0 spiro atoms. The second-order valence-corrected chi connectivity index (χ2v) is 6.61. The van der Waals surface area contributed by atoms with Crippen LogP contribution < -0.4 is 0 Å². The van der Waals surface area contributed by atoms with Gasteiger partial charge in [-0.2, -0.15) is 0 Å². The molecule has 0 bridgehead atoms. The Balaban J connectivity index is 2.64. The number of Topliss-reactive ketones (excluding diaryl/α,β-unsaturated/α-hetero) is 1. The van der Waals surface area contributed by atoms with Gasteiger partial charge in [0.2, 0.25) is 0 Å². The summed E-state index contributed by atoms with van der Waals surface area (Å²) in [6.07, 6.45) is 1.56. The van der Waals surface area contributed by atoms with E-state index in [0.29, 0.717) is 10.5 Å². The molecule has 1 unspecified atom stereocenters. The summed E-state index contributed by atoms with van der Waals surface area (Å²) in [4.78, 5) is 24.0. The molecule has 1 aromatic rings. The van der Waals surface area contributed by atoms with Crippen LogP contribution in [0.25, 0.3) is 0 Å². The summed E-state index contributed by atoms with van der Waals surface area (Å²) < 4.78 is 16.2. The number of rotatable bonds is 4. The van der Waals surface area contributed by atoms with Crippen molar-refractivity contribution >= 4 is 22.6 Å². The van der Waals surface area contributed by atoms with Crippen molar-refractivity contribution in [1.82, 2.24) is 0 Å². The highest BCUT2D eigenvalue weighted by atomic mass is 32.2. The zero-order chi connectivity index (χ0) is 14.6. The Hall–Kier alpha value is -1.49. The molecular formula is C14H18O4S. The van der Waals surface area contributed by atoms with E-state index in [1.165, 1.54) is 0 Å². The van der Waals surface area contributed by atoms with Crippen molar-refractivity contribution in [2.24, 2.45) is 5.41 Å². The lowest BCUT2D eigenvalue weighted by Crippen LogP contribution is -2.26. The van der Waals surface area contributed by atoms with Gasteiger partial charge >= 0.3 is 5.97 Å². The van der Waals surface area contributed by atoms with Crippen LogP contribution in [0.3, 0.4) is 0 Å². The van der Waals surface area contributed by atoms with Crippen LogP contribution in [0.2, 0.25) is 0 Å². The van der Waals surface area contributed by atoms with Gasteiger partial charge in [-0.05, 0) is 24.3 Å². The van der Waals surface area contributed by atoms with Crippen molar-refractivity contribution < 1.29 is 18.5 Å². The van der Waals surface area contributed by atoms with E-state index in [1.807, 2.05) is 0 Å². The standard InChI is InChI=1S/C14H18O4S/c1-14(2,3)12(15)9-18-13(16)10-5-7-11(8-6-10)19(4)17/h5-8H,9H2,1-4H3. The molecule has 0 aliphatic rings. The van der Waals surface area contributed by atoms with Crippen molar-refractivity contribution in [3.05, 3.63) is 29.8 Å². The lowest BCUT2D eigenvalue weighted by molar-refractivity contribution is -0.129. The maximum atomic E-state index is 11.7. The summed E-state index contributed by atoms with van der Waals surface area (Å²) in [6, 6.07) is 6.30. The third kappa shape index (κ3) is 4.59. The van der Waals surface area contributed by atoms with Gasteiger partial charge in [-0.3, -0.25) is 9.00 Å². The fraction of sp³-hybridized carbons (Fsp3) is 0.429. The zero-order valence-electron chi connectivity index (χ0n) is 11.6. The summed E-state index contributed by atoms with van der Waals surface area (Å²) in [5.74, 6) is -0.682. The van der Waals surface area contributed by atoms with Gasteiger partial charge in [-0.25, -0.2) is 4.79 Å². The summed E-state index contributed by atoms with van der Waals surface area (Å²) >= 11 is 0. The van der Waals surface area contributed by atoms with Gasteiger partial charge in [0.25, 0.3) is 0 Å². The molecule has 4 nitrogen and oxygen atoms in total. The highest BCUT2D eigenvalue weighted by Crippen LogP contribution is 2.15. The molecule has 0 aromatic heterocycles. The minimum Gasteiger partial charge on any atom is -0.454 e. The fourth-order valence-electron chi connectivity index (χ4n) is 1.21. The normalized spacial score (nSPS) is 12.8. The van der Waals surface area contributed by atoms with Crippen LogP contribution in [-0.2, 0) is 20.3 Å². The van der Waals surface area contributed by atoms with Crippen molar-refractivity contribution in [1.29, 1.82) is 0 Å². The maximum Gasteiger partial charge on any atom is 0.338 e. The van der Waals surface area contributed by atoms with Gasteiger partial charge in [-0.15, -0.1) is 0 Å². The Morgan fingerprint density at radius 1 is 1.16 bits per heavy atom. The number of hydrogen-bond acceptors (Lipinski definition) is 4. The highest BCUT2D eigenvalue weighted by molar-refractivity contribution is 7.84. The molecule has 5 heteroatoms. The molecule has 0 saturated carbocycles. The first kappa shape index (κ1) is 15.6. The average molecular weight is 282 g/mol. The quantitative estimate of drug-likeness (QED) is 0.794. The lowest BCUT2D eigenvalue weighted by atomic mass is 9.91. The molecule has 0 fully saturated rings. The summed E-state index contributed by atoms with van der Waals surface area (Å²) in [5, 5.41) is 0. The molecule has 1 atom stereocenters. The summed E-state index contributed by atoms with van der Waals surface area (Å²) in [7, 11) is -1.08. The van der Waals surface area contributed by atoms with Gasteiger partial charge < -0.3 is 4.74 Å². The van der Waals surface area contributed by atoms with E-state index >= 15 is 0 Å². The molecule has 0 heterocycles. The maximum absolute atomic E-state index is 11.7. The largest absolute Gasteiger partial charge is 0.454 e. The van der Waals surface area contributed by atoms with E-state index in [0.717, 1.165) is 0 Å². The predicted octanol–water partition coefficient (Wildman–Crippen LogP) is 2.20. The van der Waals surface area contributed by atoms with Gasteiger partial charge in [0, 0.05) is 27.4 Å². The first-order chi connectivity index (χ1) is 8.71. The van der Waals surface area contributed by atoms with Crippen LogP contribution >= 0.6 is 0 Å². The third-order valence-electron chi connectivity index (χ3n) is 2.59. The topological polar surface area (TPSA) is 60.4 Å². The van der Waals surface area contributed by atoms with Gasteiger partial charge in [0.15, 0.2) is 12.4 Å². The van der Waals surface area contributed by atoms with Crippen LogP contribution in [0, 0.1) is 5.41 Å². The van der Waals surface area contributed by atoms with Crippen molar-refractivity contribution in [2.75, 3.05) is 12.9 Å². The van der Waals surface area contributed by atoms with E-state index in [2.05, 4.69) is 0 Å². The highest BCUT2D eigenvalue weighted by Gasteiger charge is 2.22. The molecule has 104 valence electrons. The van der Waals surface area contributed by atoms with Gasteiger partial charge in [0.1, 0.15) is 0 Å². The summed E-state index contributed by atoms with van der Waals surface area (Å²) in [5.41, 5.74) is -0.181. The van der Waals surface area contributed by atoms with E-state index in [9.17, 15) is 13.8 Å². The third-order valence-corrected chi connectivity index (χ3v) is 3.53. The monoisotopic (exact) mass is 282 g/mol. The number of carbonyl (C=O) groups excluding carboxylic acids is 2. The van der Waals surface area contributed by atoms with Crippen molar-refractivity contribution in [3.8, 4) is 0 Å². The summed E-state index contributed by atoms with van der Waals surface area (Å²) in [6.45, 7) is 5.08. The molecule has 0 saturated heterocycles. The second-order valence-electron chi connectivity index (χ2n) is 5.23. The van der Waals surface area contributed by atoms with E-state index < -0.39 is 22.2 Å². The minimum atomic E-state index is -1.08. The number of carbonyl (C=O) groups is 2. The lowest BCUT2D eigenvalue weighted by Gasteiger charge is -2.16. The number of ketones is 1. The smallest absolute Gasteiger partial charge is 0.338 e. The predicted molar refractivity (Wildman–Crippen MR) is 73.5 cm³/mol. The minimum absolute atomic E-state index is 0.132. The van der Waals surface area contributed by atoms with E-state index in [-0.39, 0.29) is 12.4 Å². The average Bonchev–Trinajstić information content (AvgIpc) is 2.34. The Labute approximate surface area is 115 Å². The van der Waals surface area contributed by atoms with Gasteiger partial charge in [0.05, 0.1) is 5.56 Å². The Morgan fingerprint density at radius 2 is 1.68 bits per heavy atom. The molecule has 0 aliphatic heterocycles. The molecule has 0 radical (unpaired) electrons. The number of esters is 1. The van der Waals surface area contributed by atoms with Crippen LogP contribution in [0.1, 0.15) is 31.1 Å². The van der Waals surface area contributed by atoms with Crippen molar-refractivity contribution in [2.45, 2.75) is 25.7 Å². The molecule has 0 amide bonds. The van der Waals surface area contributed by atoms with Crippen LogP contribution in [0.15, 0.2) is 29.2 Å². The SMILES string of the molecule is CS(=O)c1ccc(C(=O)OCC(=O)C(C)(C)C)cc1. The van der Waals surface area contributed by atoms with Gasteiger partial charge in [-0.1, -0.05) is 20.8 Å². The number of benzene rings is 1. The van der Waals surface area contributed by atoms with Crippen LogP contribution in [0.5, 0.6) is 0 Å². The molecule has 1 rings (SSSR count). The Morgan fingerprint density at radius 3 is 2.11 bits per heavy atom.